The van der Waals surface area contributed by atoms with Crippen LogP contribution in [0.1, 0.15) is 21.5 Å². The zero-order valence-corrected chi connectivity index (χ0v) is 11.2. The molecule has 0 saturated carbocycles. The zero-order valence-electron chi connectivity index (χ0n) is 11.2. The van der Waals surface area contributed by atoms with Crippen molar-refractivity contribution >= 4 is 17.0 Å². The molecule has 0 radical (unpaired) electrons. The van der Waals surface area contributed by atoms with Crippen LogP contribution >= 0.6 is 0 Å². The molecule has 0 unspecified atom stereocenters. The summed E-state index contributed by atoms with van der Waals surface area (Å²) >= 11 is 0. The van der Waals surface area contributed by atoms with Gasteiger partial charge in [0.25, 0.3) is 0 Å². The van der Waals surface area contributed by atoms with E-state index >= 15 is 0 Å². The highest BCUT2D eigenvalue weighted by atomic mass is 16.4. The van der Waals surface area contributed by atoms with E-state index < -0.39 is 5.97 Å². The molecule has 0 bridgehead atoms. The van der Waals surface area contributed by atoms with Crippen molar-refractivity contribution in [1.29, 1.82) is 0 Å². The van der Waals surface area contributed by atoms with Crippen LogP contribution in [0.5, 0.6) is 0 Å². The van der Waals surface area contributed by atoms with E-state index in [0.29, 0.717) is 11.0 Å². The van der Waals surface area contributed by atoms with Gasteiger partial charge in [0.15, 0.2) is 0 Å². The third-order valence-corrected chi connectivity index (χ3v) is 3.27. The third kappa shape index (κ3) is 1.93. The fraction of sp³-hybridized carbons (Fsp3) is 0.133. The molecule has 5 heteroatoms. The van der Waals surface area contributed by atoms with E-state index in [-0.39, 0.29) is 5.56 Å². The van der Waals surface area contributed by atoms with Crippen molar-refractivity contribution in [3.8, 4) is 5.69 Å². The second kappa shape index (κ2) is 4.45. The first-order valence-corrected chi connectivity index (χ1v) is 6.22. The lowest BCUT2D eigenvalue weighted by Crippen LogP contribution is -2.01. The Morgan fingerprint density at radius 3 is 2.65 bits per heavy atom. The monoisotopic (exact) mass is 267 g/mol. The molecule has 20 heavy (non-hydrogen) atoms. The molecule has 1 aromatic heterocycles. The molecule has 3 rings (SSSR count). The topological polar surface area (TPSA) is 68.0 Å². The number of aryl methyl sites for hydroxylation is 2. The number of hydrogen-bond acceptors (Lipinski definition) is 3. The Bertz CT molecular complexity index is 821. The number of rotatable bonds is 2. The Kier molecular flexibility index (Phi) is 2.75. The first-order valence-electron chi connectivity index (χ1n) is 6.22. The normalized spacial score (nSPS) is 10.9. The average Bonchev–Trinajstić information content (AvgIpc) is 2.81. The molecule has 0 aliphatic heterocycles. The quantitative estimate of drug-likeness (QED) is 0.775. The lowest BCUT2D eigenvalue weighted by molar-refractivity contribution is 0.0697. The van der Waals surface area contributed by atoms with Crippen LogP contribution in [-0.4, -0.2) is 26.1 Å². The van der Waals surface area contributed by atoms with Crippen molar-refractivity contribution in [2.45, 2.75) is 13.8 Å². The molecule has 0 amide bonds. The van der Waals surface area contributed by atoms with Gasteiger partial charge in [0.1, 0.15) is 5.52 Å². The molecule has 100 valence electrons. The number of carboxylic acids is 1. The number of aromatic nitrogens is 3. The fourth-order valence-electron chi connectivity index (χ4n) is 2.27. The van der Waals surface area contributed by atoms with Crippen LogP contribution < -0.4 is 0 Å². The number of aromatic carboxylic acids is 1. The van der Waals surface area contributed by atoms with Gasteiger partial charge in [0.2, 0.25) is 0 Å². The van der Waals surface area contributed by atoms with Crippen LogP contribution in [0.15, 0.2) is 36.4 Å². The van der Waals surface area contributed by atoms with E-state index in [2.05, 4.69) is 16.4 Å². The summed E-state index contributed by atoms with van der Waals surface area (Å²) in [5.74, 6) is -0.958. The molecule has 0 spiro atoms. The molecule has 1 heterocycles. The zero-order chi connectivity index (χ0) is 14.3. The highest BCUT2D eigenvalue weighted by Crippen LogP contribution is 2.21. The predicted molar refractivity (Wildman–Crippen MR) is 75.3 cm³/mol. The van der Waals surface area contributed by atoms with Gasteiger partial charge in [-0.1, -0.05) is 22.9 Å². The number of carboxylic acid groups (broad SMARTS) is 1. The largest absolute Gasteiger partial charge is 0.478 e. The van der Waals surface area contributed by atoms with Crippen molar-refractivity contribution in [3.05, 3.63) is 53.1 Å². The second-order valence-corrected chi connectivity index (χ2v) is 4.80. The predicted octanol–water partition coefficient (Wildman–Crippen LogP) is 2.74. The smallest absolute Gasteiger partial charge is 0.335 e. The lowest BCUT2D eigenvalue weighted by Gasteiger charge is -2.07. The minimum atomic E-state index is -0.958. The van der Waals surface area contributed by atoms with E-state index in [4.69, 9.17) is 5.11 Å². The molecule has 0 saturated heterocycles. The lowest BCUT2D eigenvalue weighted by atomic mass is 10.1. The van der Waals surface area contributed by atoms with Gasteiger partial charge in [0, 0.05) is 0 Å². The summed E-state index contributed by atoms with van der Waals surface area (Å²) in [5.41, 5.74) is 4.73. The van der Waals surface area contributed by atoms with Crippen molar-refractivity contribution in [2.75, 3.05) is 0 Å². The van der Waals surface area contributed by atoms with Gasteiger partial charge in [-0.2, -0.15) is 0 Å². The van der Waals surface area contributed by atoms with Gasteiger partial charge in [0.05, 0.1) is 16.8 Å². The van der Waals surface area contributed by atoms with Crippen LogP contribution in [0.2, 0.25) is 0 Å². The van der Waals surface area contributed by atoms with Gasteiger partial charge < -0.3 is 5.11 Å². The molecule has 5 nitrogen and oxygen atoms in total. The average molecular weight is 267 g/mol. The Hall–Kier alpha value is -2.69. The third-order valence-electron chi connectivity index (χ3n) is 3.27. The molecular weight excluding hydrogens is 254 g/mol. The molecule has 2 aromatic carbocycles. The van der Waals surface area contributed by atoms with E-state index in [0.717, 1.165) is 11.3 Å². The summed E-state index contributed by atoms with van der Waals surface area (Å²) in [7, 11) is 0. The summed E-state index contributed by atoms with van der Waals surface area (Å²) in [4.78, 5) is 11.1. The van der Waals surface area contributed by atoms with Gasteiger partial charge in [-0.25, -0.2) is 9.48 Å². The highest BCUT2D eigenvalue weighted by molar-refractivity contribution is 5.92. The highest BCUT2D eigenvalue weighted by Gasteiger charge is 2.11. The Balaban J connectivity index is 2.25. The molecule has 0 atom stereocenters. The van der Waals surface area contributed by atoms with E-state index in [9.17, 15) is 4.79 Å². The van der Waals surface area contributed by atoms with Gasteiger partial charge in [-0.05, 0) is 43.7 Å². The first kappa shape index (κ1) is 12.3. The van der Waals surface area contributed by atoms with Crippen molar-refractivity contribution in [3.63, 3.8) is 0 Å². The molecule has 0 fully saturated rings. The van der Waals surface area contributed by atoms with E-state index in [1.165, 1.54) is 11.6 Å². The number of fused-ring (bicyclic) bond motifs is 1. The summed E-state index contributed by atoms with van der Waals surface area (Å²) in [6.07, 6.45) is 0. The first-order chi connectivity index (χ1) is 9.56. The summed E-state index contributed by atoms with van der Waals surface area (Å²) in [5, 5.41) is 17.3. The Labute approximate surface area is 115 Å². The van der Waals surface area contributed by atoms with Crippen molar-refractivity contribution < 1.29 is 9.90 Å². The number of carbonyl (C=O) groups is 1. The Morgan fingerprint density at radius 2 is 1.95 bits per heavy atom. The summed E-state index contributed by atoms with van der Waals surface area (Å²) < 4.78 is 1.68. The number of nitrogens with zero attached hydrogens (tertiary/aromatic N) is 3. The van der Waals surface area contributed by atoms with Gasteiger partial charge in [-0.15, -0.1) is 5.10 Å². The SMILES string of the molecule is Cc1ccc(-n2nnc3ccc(C(=O)O)cc32)c(C)c1. The van der Waals surface area contributed by atoms with E-state index in [1.807, 2.05) is 26.0 Å². The van der Waals surface area contributed by atoms with Crippen LogP contribution in [0.3, 0.4) is 0 Å². The number of benzene rings is 2. The maximum atomic E-state index is 11.1. The fourth-order valence-corrected chi connectivity index (χ4v) is 2.27. The van der Waals surface area contributed by atoms with E-state index in [1.54, 1.807) is 16.8 Å². The second-order valence-electron chi connectivity index (χ2n) is 4.80. The molecule has 3 aromatic rings. The molecular formula is C15H13N3O2. The van der Waals surface area contributed by atoms with Crippen molar-refractivity contribution in [2.24, 2.45) is 0 Å². The maximum Gasteiger partial charge on any atom is 0.335 e. The van der Waals surface area contributed by atoms with Crippen LogP contribution in [0, 0.1) is 13.8 Å². The molecule has 0 aliphatic rings. The van der Waals surface area contributed by atoms with Crippen LogP contribution in [0.25, 0.3) is 16.7 Å². The molecule has 1 N–H and O–H groups in total. The van der Waals surface area contributed by atoms with Crippen LogP contribution in [0.4, 0.5) is 0 Å². The summed E-state index contributed by atoms with van der Waals surface area (Å²) in [6.45, 7) is 4.02. The molecule has 0 aliphatic carbocycles. The minimum absolute atomic E-state index is 0.228. The Morgan fingerprint density at radius 1 is 1.15 bits per heavy atom. The van der Waals surface area contributed by atoms with Crippen molar-refractivity contribution in [1.82, 2.24) is 15.0 Å². The number of hydrogen-bond donors (Lipinski definition) is 1. The summed E-state index contributed by atoms with van der Waals surface area (Å²) in [6, 6.07) is 10.8. The minimum Gasteiger partial charge on any atom is -0.478 e. The maximum absolute atomic E-state index is 11.1. The van der Waals surface area contributed by atoms with Gasteiger partial charge in [-0.3, -0.25) is 0 Å². The standard InChI is InChI=1S/C15H13N3O2/c1-9-3-6-13(10(2)7-9)18-14-8-11(15(19)20)4-5-12(14)16-17-18/h3-8H,1-2H3,(H,19,20). The van der Waals surface area contributed by atoms with Gasteiger partial charge >= 0.3 is 5.97 Å². The van der Waals surface area contributed by atoms with Crippen LogP contribution in [-0.2, 0) is 0 Å².